The zero-order valence-corrected chi connectivity index (χ0v) is 18.8. The van der Waals surface area contributed by atoms with Crippen LogP contribution in [0.1, 0.15) is 10.4 Å². The van der Waals surface area contributed by atoms with E-state index in [9.17, 15) is 23.1 Å². The third kappa shape index (κ3) is 4.68. The van der Waals surface area contributed by atoms with Crippen LogP contribution in [0.3, 0.4) is 0 Å². The second kappa shape index (κ2) is 8.99. The highest BCUT2D eigenvalue weighted by Gasteiger charge is 2.45. The quantitative estimate of drug-likeness (QED) is 0.434. The standard InChI is InChI=1S/C23H18F3IN2O3/c24-16-7-9-19(28-18-8-6-14(27)10-17(18)25)20(21(16)26)22(30)29-11-23(31,12-29)13-32-15-4-2-1-3-5-15/h1-10,28,31H,11-13H2. The minimum Gasteiger partial charge on any atom is -0.490 e. The molecule has 1 saturated heterocycles. The van der Waals surface area contributed by atoms with E-state index in [1.807, 2.05) is 28.7 Å². The number of carbonyl (C=O) groups is 1. The number of aliphatic hydroxyl groups is 1. The van der Waals surface area contributed by atoms with Gasteiger partial charge in [0.2, 0.25) is 0 Å². The number of anilines is 2. The van der Waals surface area contributed by atoms with Crippen LogP contribution in [0.2, 0.25) is 0 Å². The van der Waals surface area contributed by atoms with Crippen molar-refractivity contribution >= 4 is 39.9 Å². The first kappa shape index (κ1) is 22.4. The highest BCUT2D eigenvalue weighted by Crippen LogP contribution is 2.31. The molecule has 0 saturated carbocycles. The van der Waals surface area contributed by atoms with E-state index < -0.39 is 34.5 Å². The van der Waals surface area contributed by atoms with Crippen molar-refractivity contribution in [3.8, 4) is 5.75 Å². The fourth-order valence-electron chi connectivity index (χ4n) is 3.39. The van der Waals surface area contributed by atoms with E-state index in [1.54, 1.807) is 30.3 Å². The van der Waals surface area contributed by atoms with Crippen LogP contribution in [0.15, 0.2) is 60.7 Å². The van der Waals surface area contributed by atoms with Gasteiger partial charge in [-0.25, -0.2) is 13.2 Å². The molecule has 32 heavy (non-hydrogen) atoms. The lowest BCUT2D eigenvalue weighted by Gasteiger charge is -2.46. The molecule has 1 amide bonds. The van der Waals surface area contributed by atoms with Gasteiger partial charge in [0.1, 0.15) is 29.3 Å². The van der Waals surface area contributed by atoms with Crippen molar-refractivity contribution < 1.29 is 27.8 Å². The summed E-state index contributed by atoms with van der Waals surface area (Å²) in [5, 5.41) is 13.2. The molecule has 166 valence electrons. The molecule has 1 aliphatic heterocycles. The zero-order valence-electron chi connectivity index (χ0n) is 16.6. The molecule has 0 bridgehead atoms. The lowest BCUT2D eigenvalue weighted by atomic mass is 9.93. The molecule has 0 aliphatic carbocycles. The second-order valence-electron chi connectivity index (χ2n) is 7.52. The van der Waals surface area contributed by atoms with Crippen LogP contribution in [0.5, 0.6) is 5.75 Å². The van der Waals surface area contributed by atoms with E-state index >= 15 is 0 Å². The Morgan fingerprint density at radius 1 is 1.03 bits per heavy atom. The van der Waals surface area contributed by atoms with E-state index in [0.29, 0.717) is 9.32 Å². The molecule has 1 heterocycles. The Hall–Kier alpha value is -2.79. The number of para-hydroxylation sites is 1. The predicted molar refractivity (Wildman–Crippen MR) is 122 cm³/mol. The Morgan fingerprint density at radius 2 is 1.72 bits per heavy atom. The van der Waals surface area contributed by atoms with Gasteiger partial charge in [-0.1, -0.05) is 18.2 Å². The number of nitrogens with one attached hydrogen (secondary N) is 1. The summed E-state index contributed by atoms with van der Waals surface area (Å²) in [7, 11) is 0. The normalized spacial score (nSPS) is 14.6. The molecule has 2 N–H and O–H groups in total. The zero-order chi connectivity index (χ0) is 22.9. The summed E-state index contributed by atoms with van der Waals surface area (Å²) in [5.74, 6) is -3.41. The lowest BCUT2D eigenvalue weighted by molar-refractivity contribution is -0.104. The van der Waals surface area contributed by atoms with Crippen molar-refractivity contribution in [3.63, 3.8) is 0 Å². The fraction of sp³-hybridized carbons (Fsp3) is 0.174. The van der Waals surface area contributed by atoms with Gasteiger partial charge in [-0.05, 0) is 65.1 Å². The third-order valence-electron chi connectivity index (χ3n) is 5.02. The van der Waals surface area contributed by atoms with Crippen LogP contribution in [-0.4, -0.2) is 41.2 Å². The van der Waals surface area contributed by atoms with Crippen molar-refractivity contribution in [1.82, 2.24) is 4.90 Å². The molecule has 3 aromatic rings. The Bertz CT molecular complexity index is 1150. The van der Waals surface area contributed by atoms with Gasteiger partial charge in [0.15, 0.2) is 11.6 Å². The number of amides is 1. The van der Waals surface area contributed by atoms with Crippen molar-refractivity contribution in [3.05, 3.63) is 87.2 Å². The van der Waals surface area contributed by atoms with E-state index in [0.717, 1.165) is 6.07 Å². The van der Waals surface area contributed by atoms with Crippen molar-refractivity contribution in [2.45, 2.75) is 5.60 Å². The van der Waals surface area contributed by atoms with Gasteiger partial charge in [-0.15, -0.1) is 0 Å². The van der Waals surface area contributed by atoms with E-state index in [-0.39, 0.29) is 31.1 Å². The van der Waals surface area contributed by atoms with Crippen LogP contribution in [-0.2, 0) is 0 Å². The van der Waals surface area contributed by atoms with Gasteiger partial charge in [0.05, 0.1) is 24.5 Å². The summed E-state index contributed by atoms with van der Waals surface area (Å²) in [5.41, 5.74) is -1.94. The molecule has 0 radical (unpaired) electrons. The molecule has 5 nitrogen and oxygen atoms in total. The van der Waals surface area contributed by atoms with Gasteiger partial charge >= 0.3 is 0 Å². The number of benzene rings is 3. The van der Waals surface area contributed by atoms with E-state index in [4.69, 9.17) is 4.74 Å². The number of hydrogen-bond donors (Lipinski definition) is 2. The number of rotatable bonds is 6. The summed E-state index contributed by atoms with van der Waals surface area (Å²) in [6.45, 7) is -0.302. The molecule has 3 aromatic carbocycles. The number of nitrogens with zero attached hydrogens (tertiary/aromatic N) is 1. The smallest absolute Gasteiger partial charge is 0.259 e. The summed E-state index contributed by atoms with van der Waals surface area (Å²) in [4.78, 5) is 14.1. The summed E-state index contributed by atoms with van der Waals surface area (Å²) in [6.07, 6.45) is 0. The van der Waals surface area contributed by atoms with E-state index in [1.165, 1.54) is 23.1 Å². The summed E-state index contributed by atoms with van der Waals surface area (Å²) < 4.78 is 49.0. The number of β-amino-alcohol motifs (C(OH)–C–C–N with tert-alkyl or cyclic N) is 1. The van der Waals surface area contributed by atoms with E-state index in [2.05, 4.69) is 5.32 Å². The van der Waals surface area contributed by atoms with Crippen LogP contribution in [0.25, 0.3) is 0 Å². The summed E-state index contributed by atoms with van der Waals surface area (Å²) in [6, 6.07) is 15.2. The Kier molecular flexibility index (Phi) is 6.29. The first-order valence-electron chi connectivity index (χ1n) is 9.65. The average molecular weight is 554 g/mol. The van der Waals surface area contributed by atoms with Crippen LogP contribution in [0, 0.1) is 21.0 Å². The second-order valence-corrected chi connectivity index (χ2v) is 8.77. The molecule has 0 aromatic heterocycles. The lowest BCUT2D eigenvalue weighted by Crippen LogP contribution is -2.66. The largest absolute Gasteiger partial charge is 0.490 e. The molecule has 0 atom stereocenters. The highest BCUT2D eigenvalue weighted by molar-refractivity contribution is 14.1. The van der Waals surface area contributed by atoms with Gasteiger partial charge in [0, 0.05) is 3.57 Å². The SMILES string of the molecule is O=C(c1c(Nc2ccc(I)cc2F)ccc(F)c1F)N1CC(O)(COc2ccccc2)C1. The maximum atomic E-state index is 14.6. The monoisotopic (exact) mass is 554 g/mol. The third-order valence-corrected chi connectivity index (χ3v) is 5.69. The first-order valence-corrected chi connectivity index (χ1v) is 10.7. The van der Waals surface area contributed by atoms with Gasteiger partial charge in [-0.2, -0.15) is 0 Å². The predicted octanol–water partition coefficient (Wildman–Crippen LogP) is 4.72. The number of ether oxygens (including phenoxy) is 1. The molecule has 0 unspecified atom stereocenters. The maximum Gasteiger partial charge on any atom is 0.259 e. The van der Waals surface area contributed by atoms with Crippen LogP contribution in [0.4, 0.5) is 24.5 Å². The minimum absolute atomic E-state index is 0.0156. The number of hydrogen-bond acceptors (Lipinski definition) is 4. The number of likely N-dealkylation sites (tertiary alicyclic amines) is 1. The fourth-order valence-corrected chi connectivity index (χ4v) is 3.84. The van der Waals surface area contributed by atoms with Crippen molar-refractivity contribution in [2.24, 2.45) is 0 Å². The average Bonchev–Trinajstić information content (AvgIpc) is 2.75. The van der Waals surface area contributed by atoms with Crippen LogP contribution < -0.4 is 10.1 Å². The molecular weight excluding hydrogens is 536 g/mol. The van der Waals surface area contributed by atoms with Gasteiger partial charge < -0.3 is 20.1 Å². The molecule has 9 heteroatoms. The highest BCUT2D eigenvalue weighted by atomic mass is 127. The Balaban J connectivity index is 1.50. The van der Waals surface area contributed by atoms with Crippen LogP contribution >= 0.6 is 22.6 Å². The maximum absolute atomic E-state index is 14.6. The molecule has 1 fully saturated rings. The topological polar surface area (TPSA) is 61.8 Å². The summed E-state index contributed by atoms with van der Waals surface area (Å²) >= 11 is 1.94. The molecule has 4 rings (SSSR count). The molecule has 1 aliphatic rings. The van der Waals surface area contributed by atoms with Gasteiger partial charge in [0.25, 0.3) is 5.91 Å². The van der Waals surface area contributed by atoms with Crippen molar-refractivity contribution in [2.75, 3.05) is 25.0 Å². The first-order chi connectivity index (χ1) is 15.3. The Labute approximate surface area is 196 Å². The number of carbonyl (C=O) groups excluding carboxylic acids is 1. The number of halogens is 4. The molecular formula is C23H18F3IN2O3. The van der Waals surface area contributed by atoms with Gasteiger partial charge in [-0.3, -0.25) is 4.79 Å². The minimum atomic E-state index is -1.35. The molecule has 0 spiro atoms. The Morgan fingerprint density at radius 3 is 2.41 bits per heavy atom. The van der Waals surface area contributed by atoms with Crippen molar-refractivity contribution in [1.29, 1.82) is 0 Å².